The summed E-state index contributed by atoms with van der Waals surface area (Å²) in [4.78, 5) is 15.8. The number of amides is 1. The molecule has 0 saturated carbocycles. The summed E-state index contributed by atoms with van der Waals surface area (Å²) in [6.07, 6.45) is 3.84. The fraction of sp³-hybridized carbons (Fsp3) is 0.538. The Kier molecular flexibility index (Phi) is 4.87. The number of carbonyl (C=O) groups excluding carboxylic acids is 1. The van der Waals surface area contributed by atoms with Gasteiger partial charge in [-0.2, -0.15) is 11.8 Å². The van der Waals surface area contributed by atoms with Gasteiger partial charge in [0.1, 0.15) is 6.10 Å². The standard InChI is InChI=1S/C13H18N2O2S/c1-2-6-14-13(16)10-3-4-12(15-8-10)17-11-5-7-18-9-11/h3-4,8,11H,2,5-7,9H2,1H3,(H,14,16). The van der Waals surface area contributed by atoms with Crippen LogP contribution in [0.1, 0.15) is 30.1 Å². The van der Waals surface area contributed by atoms with Gasteiger partial charge in [0, 0.05) is 24.6 Å². The van der Waals surface area contributed by atoms with Gasteiger partial charge in [-0.3, -0.25) is 4.79 Å². The molecule has 1 aliphatic rings. The van der Waals surface area contributed by atoms with Crippen molar-refractivity contribution in [1.29, 1.82) is 0 Å². The number of rotatable bonds is 5. The van der Waals surface area contributed by atoms with Crippen LogP contribution in [-0.2, 0) is 0 Å². The second-order valence-electron chi connectivity index (χ2n) is 4.24. The third kappa shape index (κ3) is 3.63. The molecular formula is C13H18N2O2S. The summed E-state index contributed by atoms with van der Waals surface area (Å²) < 4.78 is 5.73. The SMILES string of the molecule is CCCNC(=O)c1ccc(OC2CCSC2)nc1. The van der Waals surface area contributed by atoms with Crippen molar-refractivity contribution in [3.63, 3.8) is 0 Å². The topological polar surface area (TPSA) is 51.2 Å². The number of nitrogens with zero attached hydrogens (tertiary/aromatic N) is 1. The van der Waals surface area contributed by atoms with Gasteiger partial charge in [-0.25, -0.2) is 4.98 Å². The average Bonchev–Trinajstić information content (AvgIpc) is 2.89. The number of thioether (sulfide) groups is 1. The molecule has 1 fully saturated rings. The second-order valence-corrected chi connectivity index (χ2v) is 5.39. The highest BCUT2D eigenvalue weighted by Gasteiger charge is 2.17. The first kappa shape index (κ1) is 13.2. The summed E-state index contributed by atoms with van der Waals surface area (Å²) in [5.41, 5.74) is 0.580. The highest BCUT2D eigenvalue weighted by atomic mass is 32.2. The van der Waals surface area contributed by atoms with Crippen LogP contribution in [0, 0.1) is 0 Å². The van der Waals surface area contributed by atoms with E-state index >= 15 is 0 Å². The average molecular weight is 266 g/mol. The van der Waals surface area contributed by atoms with E-state index in [0.717, 1.165) is 24.3 Å². The molecule has 1 aromatic rings. The van der Waals surface area contributed by atoms with Gasteiger partial charge in [-0.1, -0.05) is 6.92 Å². The van der Waals surface area contributed by atoms with Gasteiger partial charge < -0.3 is 10.1 Å². The molecule has 0 radical (unpaired) electrons. The molecule has 0 aliphatic carbocycles. The fourth-order valence-electron chi connectivity index (χ4n) is 1.70. The largest absolute Gasteiger partial charge is 0.473 e. The fourth-order valence-corrected chi connectivity index (χ4v) is 2.80. The number of aromatic nitrogens is 1. The number of pyridine rings is 1. The normalized spacial score (nSPS) is 18.6. The Balaban J connectivity index is 1.90. The Morgan fingerprint density at radius 2 is 2.50 bits per heavy atom. The van der Waals surface area contributed by atoms with Crippen molar-refractivity contribution in [2.24, 2.45) is 0 Å². The van der Waals surface area contributed by atoms with Crippen LogP contribution in [0.4, 0.5) is 0 Å². The van der Waals surface area contributed by atoms with E-state index in [4.69, 9.17) is 4.74 Å². The minimum atomic E-state index is -0.0766. The van der Waals surface area contributed by atoms with Crippen LogP contribution in [0.15, 0.2) is 18.3 Å². The number of nitrogens with one attached hydrogen (secondary N) is 1. The maximum Gasteiger partial charge on any atom is 0.252 e. The lowest BCUT2D eigenvalue weighted by Crippen LogP contribution is -2.24. The maximum atomic E-state index is 11.7. The van der Waals surface area contributed by atoms with Crippen LogP contribution >= 0.6 is 11.8 Å². The van der Waals surface area contributed by atoms with Gasteiger partial charge in [0.2, 0.25) is 5.88 Å². The molecule has 1 amide bonds. The molecule has 1 saturated heterocycles. The summed E-state index contributed by atoms with van der Waals surface area (Å²) in [5, 5.41) is 2.82. The quantitative estimate of drug-likeness (QED) is 0.887. The van der Waals surface area contributed by atoms with E-state index in [1.54, 1.807) is 18.3 Å². The minimum Gasteiger partial charge on any atom is -0.473 e. The van der Waals surface area contributed by atoms with Gasteiger partial charge in [0.05, 0.1) is 5.56 Å². The van der Waals surface area contributed by atoms with Crippen molar-refractivity contribution in [2.75, 3.05) is 18.1 Å². The number of ether oxygens (including phenoxy) is 1. The molecule has 18 heavy (non-hydrogen) atoms. The molecule has 1 aromatic heterocycles. The molecule has 98 valence electrons. The molecule has 1 atom stereocenters. The molecule has 0 aromatic carbocycles. The van der Waals surface area contributed by atoms with Gasteiger partial charge in [0.15, 0.2) is 0 Å². The summed E-state index contributed by atoms with van der Waals surface area (Å²) in [6, 6.07) is 3.53. The molecule has 1 N–H and O–H groups in total. The van der Waals surface area contributed by atoms with Crippen LogP contribution in [0.2, 0.25) is 0 Å². The van der Waals surface area contributed by atoms with Crippen LogP contribution in [0.3, 0.4) is 0 Å². The molecule has 1 aliphatic heterocycles. The first-order valence-electron chi connectivity index (χ1n) is 6.28. The van der Waals surface area contributed by atoms with Crippen LogP contribution in [0.25, 0.3) is 0 Å². The first-order chi connectivity index (χ1) is 8.79. The van der Waals surface area contributed by atoms with E-state index in [-0.39, 0.29) is 12.0 Å². The van der Waals surface area contributed by atoms with Crippen molar-refractivity contribution in [2.45, 2.75) is 25.9 Å². The highest BCUT2D eigenvalue weighted by molar-refractivity contribution is 7.99. The number of hydrogen-bond donors (Lipinski definition) is 1. The van der Waals surface area contributed by atoms with Gasteiger partial charge >= 0.3 is 0 Å². The zero-order chi connectivity index (χ0) is 12.8. The number of hydrogen-bond acceptors (Lipinski definition) is 4. The predicted octanol–water partition coefficient (Wildman–Crippen LogP) is 2.11. The van der Waals surface area contributed by atoms with Crippen LogP contribution in [-0.4, -0.2) is 35.0 Å². The van der Waals surface area contributed by atoms with E-state index in [1.165, 1.54) is 0 Å². The Morgan fingerprint density at radius 1 is 1.61 bits per heavy atom. The maximum absolute atomic E-state index is 11.7. The zero-order valence-electron chi connectivity index (χ0n) is 10.5. The molecule has 2 rings (SSSR count). The first-order valence-corrected chi connectivity index (χ1v) is 7.43. The third-order valence-electron chi connectivity index (χ3n) is 2.71. The monoisotopic (exact) mass is 266 g/mol. The molecular weight excluding hydrogens is 248 g/mol. The van der Waals surface area contributed by atoms with E-state index in [2.05, 4.69) is 10.3 Å². The summed E-state index contributed by atoms with van der Waals surface area (Å²) in [5.74, 6) is 2.71. The lowest BCUT2D eigenvalue weighted by molar-refractivity contribution is 0.0953. The Morgan fingerprint density at radius 3 is 3.11 bits per heavy atom. The molecule has 0 bridgehead atoms. The van der Waals surface area contributed by atoms with E-state index in [1.807, 2.05) is 18.7 Å². The lowest BCUT2D eigenvalue weighted by Gasteiger charge is -2.11. The summed E-state index contributed by atoms with van der Waals surface area (Å²) in [6.45, 7) is 2.71. The van der Waals surface area contributed by atoms with Crippen molar-refractivity contribution >= 4 is 17.7 Å². The highest BCUT2D eigenvalue weighted by Crippen LogP contribution is 2.21. The second kappa shape index (κ2) is 6.64. The molecule has 0 spiro atoms. The third-order valence-corrected chi connectivity index (χ3v) is 3.84. The molecule has 4 nitrogen and oxygen atoms in total. The molecule has 5 heteroatoms. The zero-order valence-corrected chi connectivity index (χ0v) is 11.3. The molecule has 1 unspecified atom stereocenters. The van der Waals surface area contributed by atoms with Crippen molar-refractivity contribution in [3.05, 3.63) is 23.9 Å². The summed E-state index contributed by atoms with van der Waals surface area (Å²) >= 11 is 1.90. The van der Waals surface area contributed by atoms with Gasteiger partial charge in [-0.15, -0.1) is 0 Å². The van der Waals surface area contributed by atoms with Crippen LogP contribution < -0.4 is 10.1 Å². The smallest absolute Gasteiger partial charge is 0.252 e. The Labute approximate surface area is 112 Å². The predicted molar refractivity (Wildman–Crippen MR) is 73.2 cm³/mol. The van der Waals surface area contributed by atoms with Crippen molar-refractivity contribution in [3.8, 4) is 5.88 Å². The van der Waals surface area contributed by atoms with Gasteiger partial charge in [-0.05, 0) is 24.7 Å². The van der Waals surface area contributed by atoms with E-state index < -0.39 is 0 Å². The van der Waals surface area contributed by atoms with Gasteiger partial charge in [0.25, 0.3) is 5.91 Å². The lowest BCUT2D eigenvalue weighted by atomic mass is 10.2. The molecule has 2 heterocycles. The Bertz CT molecular complexity index is 388. The van der Waals surface area contributed by atoms with Crippen molar-refractivity contribution in [1.82, 2.24) is 10.3 Å². The Hall–Kier alpha value is -1.23. The van der Waals surface area contributed by atoms with Crippen molar-refractivity contribution < 1.29 is 9.53 Å². The van der Waals surface area contributed by atoms with Crippen LogP contribution in [0.5, 0.6) is 5.88 Å². The minimum absolute atomic E-state index is 0.0766. The van der Waals surface area contributed by atoms with E-state index in [9.17, 15) is 4.79 Å². The summed E-state index contributed by atoms with van der Waals surface area (Å²) in [7, 11) is 0. The van der Waals surface area contributed by atoms with E-state index in [0.29, 0.717) is 18.0 Å². The number of carbonyl (C=O) groups is 1.